The van der Waals surface area contributed by atoms with Gasteiger partial charge < -0.3 is 9.64 Å². The van der Waals surface area contributed by atoms with Crippen molar-refractivity contribution in [3.63, 3.8) is 0 Å². The van der Waals surface area contributed by atoms with Crippen LogP contribution < -0.4 is 0 Å². The molecule has 1 saturated heterocycles. The van der Waals surface area contributed by atoms with Gasteiger partial charge in [0, 0.05) is 7.05 Å². The van der Waals surface area contributed by atoms with Crippen LogP contribution >= 0.6 is 0 Å². The third-order valence-electron chi connectivity index (χ3n) is 1.68. The molecule has 1 rings (SSSR count). The van der Waals surface area contributed by atoms with E-state index in [1.54, 1.807) is 7.05 Å². The molecule has 0 saturated carbocycles. The van der Waals surface area contributed by atoms with Crippen molar-refractivity contribution in [2.75, 3.05) is 20.3 Å². The Morgan fingerprint density at radius 1 is 1.90 bits per heavy atom. The maximum Gasteiger partial charge on any atom is 0.409 e. The van der Waals surface area contributed by atoms with Crippen molar-refractivity contribution in [1.82, 2.24) is 4.90 Å². The van der Waals surface area contributed by atoms with Gasteiger partial charge in [-0.3, -0.25) is 4.39 Å². The van der Waals surface area contributed by atoms with Gasteiger partial charge >= 0.3 is 6.09 Å². The highest BCUT2D eigenvalue weighted by Gasteiger charge is 2.28. The van der Waals surface area contributed by atoms with Crippen molar-refractivity contribution in [1.29, 1.82) is 0 Å². The number of nitrogens with zero attached hydrogens (tertiary/aromatic N) is 1. The van der Waals surface area contributed by atoms with Gasteiger partial charge in [0.1, 0.15) is 6.61 Å². The second-order valence-electron chi connectivity index (χ2n) is 2.32. The van der Waals surface area contributed by atoms with Crippen molar-refractivity contribution in [2.24, 2.45) is 0 Å². The van der Waals surface area contributed by atoms with E-state index in [0.717, 1.165) is 0 Å². The molecule has 3 nitrogen and oxygen atoms in total. The lowest BCUT2D eigenvalue weighted by atomic mass is 10.2. The summed E-state index contributed by atoms with van der Waals surface area (Å²) in [5.74, 6) is 0. The molecule has 58 valence electrons. The summed E-state index contributed by atoms with van der Waals surface area (Å²) in [6.07, 6.45) is 0.0286. The molecular formula is C6H10FNO2. The molecule has 1 unspecified atom stereocenters. The molecule has 1 fully saturated rings. The zero-order valence-corrected chi connectivity index (χ0v) is 5.84. The van der Waals surface area contributed by atoms with Gasteiger partial charge in [-0.05, 0) is 6.42 Å². The molecule has 1 aliphatic heterocycles. The molecule has 0 spiro atoms. The molecule has 0 N–H and O–H groups in total. The van der Waals surface area contributed by atoms with Crippen LogP contribution in [0, 0.1) is 0 Å². The number of likely N-dealkylation sites (N-methyl/N-ethyl adjacent to an activating group) is 1. The number of ether oxygens (including phenoxy) is 1. The van der Waals surface area contributed by atoms with Gasteiger partial charge in [-0.2, -0.15) is 0 Å². The van der Waals surface area contributed by atoms with Crippen molar-refractivity contribution < 1.29 is 13.9 Å². The summed E-state index contributed by atoms with van der Waals surface area (Å²) in [6.45, 7) is -0.0646. The average molecular weight is 147 g/mol. The van der Waals surface area contributed by atoms with Gasteiger partial charge in [-0.15, -0.1) is 0 Å². The number of cyclic esters (lactones) is 1. The fourth-order valence-electron chi connectivity index (χ4n) is 0.933. The molecule has 10 heavy (non-hydrogen) atoms. The Morgan fingerprint density at radius 2 is 2.60 bits per heavy atom. The molecule has 1 atom stereocenters. The van der Waals surface area contributed by atoms with Gasteiger partial charge in [0.25, 0.3) is 0 Å². The fourth-order valence-corrected chi connectivity index (χ4v) is 0.933. The number of rotatable bonds is 2. The van der Waals surface area contributed by atoms with E-state index in [1.807, 2.05) is 0 Å². The fraction of sp³-hybridized carbons (Fsp3) is 0.833. The highest BCUT2D eigenvalue weighted by atomic mass is 19.1. The first-order valence-corrected chi connectivity index (χ1v) is 3.21. The Bertz CT molecular complexity index is 140. The van der Waals surface area contributed by atoms with E-state index >= 15 is 0 Å². The van der Waals surface area contributed by atoms with Gasteiger partial charge in [-0.1, -0.05) is 0 Å². The highest BCUT2D eigenvalue weighted by molar-refractivity contribution is 5.69. The van der Waals surface area contributed by atoms with E-state index in [0.29, 0.717) is 13.0 Å². The summed E-state index contributed by atoms with van der Waals surface area (Å²) in [7, 11) is 1.62. The molecule has 0 radical (unpaired) electrons. The van der Waals surface area contributed by atoms with Crippen LogP contribution in [0.15, 0.2) is 0 Å². The minimum atomic E-state index is -0.397. The van der Waals surface area contributed by atoms with Crippen LogP contribution in [-0.2, 0) is 4.74 Å². The molecule has 0 bridgehead atoms. The Balaban J connectivity index is 2.41. The molecular weight excluding hydrogens is 137 g/mol. The normalized spacial score (nSPS) is 25.2. The maximum atomic E-state index is 11.8. The van der Waals surface area contributed by atoms with Crippen LogP contribution in [0.3, 0.4) is 0 Å². The first kappa shape index (κ1) is 7.31. The predicted octanol–water partition coefficient (Wildman–Crippen LogP) is 0.797. The SMILES string of the molecule is CN1C(=O)OCC1CCF. The first-order valence-electron chi connectivity index (χ1n) is 3.21. The lowest BCUT2D eigenvalue weighted by Crippen LogP contribution is -2.29. The van der Waals surface area contributed by atoms with Gasteiger partial charge in [0.2, 0.25) is 0 Å². The predicted molar refractivity (Wildman–Crippen MR) is 33.5 cm³/mol. The number of amides is 1. The highest BCUT2D eigenvalue weighted by Crippen LogP contribution is 2.12. The van der Waals surface area contributed by atoms with Crippen LogP contribution in [0.2, 0.25) is 0 Å². The van der Waals surface area contributed by atoms with Crippen molar-refractivity contribution in [2.45, 2.75) is 12.5 Å². The maximum absolute atomic E-state index is 11.8. The summed E-state index contributed by atoms with van der Waals surface area (Å²) in [4.78, 5) is 12.1. The van der Waals surface area contributed by atoms with Crippen molar-refractivity contribution >= 4 is 6.09 Å². The van der Waals surface area contributed by atoms with Crippen LogP contribution in [0.1, 0.15) is 6.42 Å². The zero-order chi connectivity index (χ0) is 7.56. The van der Waals surface area contributed by atoms with E-state index in [-0.39, 0.29) is 12.1 Å². The second kappa shape index (κ2) is 2.86. The van der Waals surface area contributed by atoms with Crippen LogP contribution in [0.4, 0.5) is 9.18 Å². The van der Waals surface area contributed by atoms with Gasteiger partial charge in [0.15, 0.2) is 0 Å². The first-order chi connectivity index (χ1) is 4.75. The van der Waals surface area contributed by atoms with Crippen LogP contribution in [0.5, 0.6) is 0 Å². The largest absolute Gasteiger partial charge is 0.447 e. The molecule has 0 aromatic carbocycles. The van der Waals surface area contributed by atoms with E-state index in [9.17, 15) is 9.18 Å². The Kier molecular flexibility index (Phi) is 2.09. The third-order valence-corrected chi connectivity index (χ3v) is 1.68. The minimum absolute atomic E-state index is 0.0579. The summed E-state index contributed by atoms with van der Waals surface area (Å²) in [5.41, 5.74) is 0. The second-order valence-corrected chi connectivity index (χ2v) is 2.32. The number of halogens is 1. The number of carbonyl (C=O) groups excluding carboxylic acids is 1. The molecule has 0 aromatic rings. The van der Waals surface area contributed by atoms with Crippen LogP contribution in [0.25, 0.3) is 0 Å². The Morgan fingerprint density at radius 3 is 3.00 bits per heavy atom. The lowest BCUT2D eigenvalue weighted by Gasteiger charge is -2.12. The van der Waals surface area contributed by atoms with Gasteiger partial charge in [0.05, 0.1) is 12.7 Å². The Hall–Kier alpha value is -0.800. The molecule has 1 aliphatic rings. The van der Waals surface area contributed by atoms with Crippen LogP contribution in [-0.4, -0.2) is 37.4 Å². The lowest BCUT2D eigenvalue weighted by molar-refractivity contribution is 0.163. The number of hydrogen-bond donors (Lipinski definition) is 0. The van der Waals surface area contributed by atoms with E-state index < -0.39 is 6.67 Å². The van der Waals surface area contributed by atoms with E-state index in [1.165, 1.54) is 4.90 Å². The molecule has 0 aliphatic carbocycles. The summed E-state index contributed by atoms with van der Waals surface area (Å²) in [6, 6.07) is -0.0579. The summed E-state index contributed by atoms with van der Waals surface area (Å²) >= 11 is 0. The van der Waals surface area contributed by atoms with Crippen molar-refractivity contribution in [3.8, 4) is 0 Å². The summed E-state index contributed by atoms with van der Waals surface area (Å²) in [5, 5.41) is 0. The third kappa shape index (κ3) is 1.20. The quantitative estimate of drug-likeness (QED) is 0.578. The minimum Gasteiger partial charge on any atom is -0.447 e. The van der Waals surface area contributed by atoms with Gasteiger partial charge in [-0.25, -0.2) is 4.79 Å². The molecule has 0 aromatic heterocycles. The summed E-state index contributed by atoms with van der Waals surface area (Å²) < 4.78 is 16.4. The standard InChI is InChI=1S/C6H10FNO2/c1-8-5(2-3-7)4-10-6(8)9/h5H,2-4H2,1H3. The van der Waals surface area contributed by atoms with Crippen molar-refractivity contribution in [3.05, 3.63) is 0 Å². The number of alkyl halides is 1. The average Bonchev–Trinajstić information content (AvgIpc) is 2.20. The smallest absolute Gasteiger partial charge is 0.409 e. The monoisotopic (exact) mass is 147 g/mol. The topological polar surface area (TPSA) is 29.5 Å². The number of carbonyl (C=O) groups is 1. The van der Waals surface area contributed by atoms with E-state index in [2.05, 4.69) is 4.74 Å². The van der Waals surface area contributed by atoms with E-state index in [4.69, 9.17) is 0 Å². The Labute approximate surface area is 58.8 Å². The molecule has 1 amide bonds. The zero-order valence-electron chi connectivity index (χ0n) is 5.84. The number of hydrogen-bond acceptors (Lipinski definition) is 2. The molecule has 4 heteroatoms. The molecule has 1 heterocycles.